The fraction of sp³-hybridized carbons (Fsp3) is 0.364. The Morgan fingerprint density at radius 1 is 1.50 bits per heavy atom. The Morgan fingerprint density at radius 2 is 2.38 bits per heavy atom. The second-order valence-electron chi connectivity index (χ2n) is 3.36. The molecule has 0 aliphatic carbocycles. The molecular weight excluding hydrogens is 208 g/mol. The van der Waals surface area contributed by atoms with Crippen LogP contribution < -0.4 is 10.1 Å². The van der Waals surface area contributed by atoms with Crippen LogP contribution in [0.4, 0.5) is 6.01 Å². The smallest absolute Gasteiger partial charge is 0.295 e. The summed E-state index contributed by atoms with van der Waals surface area (Å²) in [6, 6.07) is 5.94. The van der Waals surface area contributed by atoms with Crippen LogP contribution in [0.5, 0.6) is 5.75 Å². The van der Waals surface area contributed by atoms with Crippen LogP contribution in [0.1, 0.15) is 6.42 Å². The van der Waals surface area contributed by atoms with Gasteiger partial charge in [0, 0.05) is 19.2 Å². The first-order chi connectivity index (χ1) is 7.83. The summed E-state index contributed by atoms with van der Waals surface area (Å²) >= 11 is 0. The Balaban J connectivity index is 2.16. The number of rotatable bonds is 5. The number of methoxy groups -OCH3 is 1. The Bertz CT molecular complexity index is 467. The third-order valence-corrected chi connectivity index (χ3v) is 2.21. The van der Waals surface area contributed by atoms with Gasteiger partial charge in [0.1, 0.15) is 11.3 Å². The third kappa shape index (κ3) is 2.25. The summed E-state index contributed by atoms with van der Waals surface area (Å²) in [6.07, 6.45) is 0.669. The van der Waals surface area contributed by atoms with Crippen LogP contribution in [0.3, 0.4) is 0 Å². The van der Waals surface area contributed by atoms with E-state index < -0.39 is 0 Å². The molecule has 0 aliphatic heterocycles. The molecule has 86 valence electrons. The summed E-state index contributed by atoms with van der Waals surface area (Å²) in [5.74, 6) is 0.741. The minimum Gasteiger partial charge on any atom is -0.497 e. The lowest BCUT2D eigenvalue weighted by Gasteiger charge is -1.97. The normalized spacial score (nSPS) is 10.6. The second kappa shape index (κ2) is 4.85. The number of nitrogens with one attached hydrogen (secondary N) is 1. The van der Waals surface area contributed by atoms with E-state index in [2.05, 4.69) is 10.3 Å². The Morgan fingerprint density at radius 3 is 3.12 bits per heavy atom. The molecule has 0 aliphatic rings. The molecule has 5 nitrogen and oxygen atoms in total. The van der Waals surface area contributed by atoms with E-state index in [1.165, 1.54) is 0 Å². The largest absolute Gasteiger partial charge is 0.497 e. The molecule has 1 aromatic carbocycles. The number of fused-ring (bicyclic) bond motifs is 1. The van der Waals surface area contributed by atoms with Gasteiger partial charge in [-0.05, 0) is 18.6 Å². The lowest BCUT2D eigenvalue weighted by molar-refractivity contribution is 0.292. The lowest BCUT2D eigenvalue weighted by atomic mass is 10.3. The van der Waals surface area contributed by atoms with E-state index >= 15 is 0 Å². The molecule has 2 aromatic rings. The first-order valence-corrected chi connectivity index (χ1v) is 5.13. The molecule has 0 saturated heterocycles. The van der Waals surface area contributed by atoms with Gasteiger partial charge in [0.05, 0.1) is 7.11 Å². The molecule has 0 fully saturated rings. The average molecular weight is 222 g/mol. The van der Waals surface area contributed by atoms with E-state index in [0.717, 1.165) is 11.3 Å². The van der Waals surface area contributed by atoms with Gasteiger partial charge in [-0.2, -0.15) is 4.98 Å². The molecule has 0 spiro atoms. The highest BCUT2D eigenvalue weighted by molar-refractivity contribution is 5.76. The Kier molecular flexibility index (Phi) is 3.26. The fourth-order valence-corrected chi connectivity index (χ4v) is 1.38. The SMILES string of the molecule is COc1ccc2nc(NCCCO)oc2c1. The van der Waals surface area contributed by atoms with Crippen molar-refractivity contribution in [2.24, 2.45) is 0 Å². The topological polar surface area (TPSA) is 67.5 Å². The van der Waals surface area contributed by atoms with E-state index in [-0.39, 0.29) is 6.61 Å². The molecule has 2 N–H and O–H groups in total. The molecule has 0 amide bonds. The van der Waals surface area contributed by atoms with Crippen molar-refractivity contribution >= 4 is 17.1 Å². The van der Waals surface area contributed by atoms with Crippen molar-refractivity contribution in [2.75, 3.05) is 25.6 Å². The van der Waals surface area contributed by atoms with E-state index in [0.29, 0.717) is 24.6 Å². The van der Waals surface area contributed by atoms with Crippen molar-refractivity contribution in [2.45, 2.75) is 6.42 Å². The molecule has 0 atom stereocenters. The van der Waals surface area contributed by atoms with Crippen molar-refractivity contribution in [3.8, 4) is 5.75 Å². The van der Waals surface area contributed by atoms with Crippen molar-refractivity contribution in [3.63, 3.8) is 0 Å². The van der Waals surface area contributed by atoms with E-state index in [9.17, 15) is 0 Å². The van der Waals surface area contributed by atoms with Crippen LogP contribution >= 0.6 is 0 Å². The number of anilines is 1. The summed E-state index contributed by atoms with van der Waals surface area (Å²) in [5, 5.41) is 11.6. The van der Waals surface area contributed by atoms with Crippen LogP contribution in [0.2, 0.25) is 0 Å². The minimum atomic E-state index is 0.154. The van der Waals surface area contributed by atoms with Gasteiger partial charge in [0.2, 0.25) is 0 Å². The van der Waals surface area contributed by atoms with Gasteiger partial charge in [-0.3, -0.25) is 0 Å². The first-order valence-electron chi connectivity index (χ1n) is 5.13. The zero-order valence-electron chi connectivity index (χ0n) is 9.06. The standard InChI is InChI=1S/C11H14N2O3/c1-15-8-3-4-9-10(7-8)16-11(13-9)12-5-2-6-14/h3-4,7,14H,2,5-6H2,1H3,(H,12,13). The number of nitrogens with zero attached hydrogens (tertiary/aromatic N) is 1. The van der Waals surface area contributed by atoms with Crippen molar-refractivity contribution in [1.82, 2.24) is 4.98 Å². The summed E-state index contributed by atoms with van der Waals surface area (Å²) < 4.78 is 10.6. The number of oxazole rings is 1. The number of hydrogen-bond acceptors (Lipinski definition) is 5. The maximum atomic E-state index is 8.64. The number of hydrogen-bond donors (Lipinski definition) is 2. The molecule has 2 rings (SSSR count). The molecular formula is C11H14N2O3. The number of benzene rings is 1. The zero-order chi connectivity index (χ0) is 11.4. The Labute approximate surface area is 93.0 Å². The monoisotopic (exact) mass is 222 g/mol. The van der Waals surface area contributed by atoms with E-state index in [4.69, 9.17) is 14.3 Å². The molecule has 0 bridgehead atoms. The molecule has 0 saturated carbocycles. The maximum Gasteiger partial charge on any atom is 0.295 e. The van der Waals surface area contributed by atoms with Gasteiger partial charge in [-0.25, -0.2) is 0 Å². The van der Waals surface area contributed by atoms with Gasteiger partial charge >= 0.3 is 0 Å². The third-order valence-electron chi connectivity index (χ3n) is 2.21. The van der Waals surface area contributed by atoms with Gasteiger partial charge < -0.3 is 19.6 Å². The highest BCUT2D eigenvalue weighted by Gasteiger charge is 2.05. The van der Waals surface area contributed by atoms with Crippen molar-refractivity contribution < 1.29 is 14.3 Å². The van der Waals surface area contributed by atoms with Crippen molar-refractivity contribution in [1.29, 1.82) is 0 Å². The summed E-state index contributed by atoms with van der Waals surface area (Å²) in [4.78, 5) is 4.24. The summed E-state index contributed by atoms with van der Waals surface area (Å²) in [6.45, 7) is 0.793. The molecule has 5 heteroatoms. The first kappa shape index (κ1) is 10.8. The van der Waals surface area contributed by atoms with Crippen LogP contribution in [0.15, 0.2) is 22.6 Å². The lowest BCUT2D eigenvalue weighted by Crippen LogP contribution is -2.03. The molecule has 1 heterocycles. The van der Waals surface area contributed by atoms with Gasteiger partial charge in [-0.1, -0.05) is 0 Å². The van der Waals surface area contributed by atoms with E-state index in [1.54, 1.807) is 13.2 Å². The van der Waals surface area contributed by atoms with Crippen LogP contribution in [-0.2, 0) is 0 Å². The number of aliphatic hydroxyl groups excluding tert-OH is 1. The average Bonchev–Trinajstić information content (AvgIpc) is 2.70. The van der Waals surface area contributed by atoms with Gasteiger partial charge in [0.15, 0.2) is 5.58 Å². The predicted octanol–water partition coefficient (Wildman–Crippen LogP) is 1.63. The summed E-state index contributed by atoms with van der Waals surface area (Å²) in [7, 11) is 1.61. The summed E-state index contributed by atoms with van der Waals surface area (Å²) in [5.41, 5.74) is 1.47. The predicted molar refractivity (Wildman–Crippen MR) is 60.8 cm³/mol. The van der Waals surface area contributed by atoms with Crippen molar-refractivity contribution in [3.05, 3.63) is 18.2 Å². The number of ether oxygens (including phenoxy) is 1. The number of aliphatic hydroxyl groups is 1. The van der Waals surface area contributed by atoms with Gasteiger partial charge in [0.25, 0.3) is 6.01 Å². The Hall–Kier alpha value is -1.75. The highest BCUT2D eigenvalue weighted by atomic mass is 16.5. The highest BCUT2D eigenvalue weighted by Crippen LogP contribution is 2.23. The van der Waals surface area contributed by atoms with E-state index in [1.807, 2.05) is 12.1 Å². The van der Waals surface area contributed by atoms with Crippen LogP contribution in [0.25, 0.3) is 11.1 Å². The number of aromatic nitrogens is 1. The molecule has 1 aromatic heterocycles. The molecule has 0 radical (unpaired) electrons. The molecule has 16 heavy (non-hydrogen) atoms. The quantitative estimate of drug-likeness (QED) is 0.752. The zero-order valence-corrected chi connectivity index (χ0v) is 9.06. The maximum absolute atomic E-state index is 8.64. The molecule has 0 unspecified atom stereocenters. The second-order valence-corrected chi connectivity index (χ2v) is 3.36. The minimum absolute atomic E-state index is 0.154. The van der Waals surface area contributed by atoms with Crippen LogP contribution in [0, 0.1) is 0 Å². The fourth-order valence-electron chi connectivity index (χ4n) is 1.38. The van der Waals surface area contributed by atoms with Gasteiger partial charge in [-0.15, -0.1) is 0 Å². The van der Waals surface area contributed by atoms with Crippen LogP contribution in [-0.4, -0.2) is 30.4 Å².